The number of para-hydroxylation sites is 1. The van der Waals surface area contributed by atoms with Gasteiger partial charge in [0, 0.05) is 10.9 Å². The van der Waals surface area contributed by atoms with Crippen LogP contribution in [0.2, 0.25) is 0 Å². The third-order valence-electron chi connectivity index (χ3n) is 3.18. The van der Waals surface area contributed by atoms with Crippen LogP contribution >= 0.6 is 11.3 Å². The SMILES string of the molecule is COc1ccc(-c2csc(COc3ccccc3)n2)cc1N. The van der Waals surface area contributed by atoms with Crippen molar-refractivity contribution in [2.24, 2.45) is 0 Å². The first kappa shape index (κ1) is 14.4. The van der Waals surface area contributed by atoms with Crippen LogP contribution in [0.25, 0.3) is 11.3 Å². The van der Waals surface area contributed by atoms with Crippen LogP contribution in [0.4, 0.5) is 5.69 Å². The van der Waals surface area contributed by atoms with Crippen molar-refractivity contribution in [3.8, 4) is 22.8 Å². The molecule has 2 N–H and O–H groups in total. The van der Waals surface area contributed by atoms with E-state index in [2.05, 4.69) is 4.98 Å². The Morgan fingerprint density at radius 2 is 1.95 bits per heavy atom. The molecule has 5 heteroatoms. The highest BCUT2D eigenvalue weighted by atomic mass is 32.1. The number of anilines is 1. The topological polar surface area (TPSA) is 57.4 Å². The Kier molecular flexibility index (Phi) is 4.25. The molecule has 0 saturated carbocycles. The van der Waals surface area contributed by atoms with Crippen LogP contribution in [-0.4, -0.2) is 12.1 Å². The number of benzene rings is 2. The minimum atomic E-state index is 0.459. The molecule has 0 bridgehead atoms. The van der Waals surface area contributed by atoms with Crippen LogP contribution in [-0.2, 0) is 6.61 Å². The van der Waals surface area contributed by atoms with Gasteiger partial charge in [-0.25, -0.2) is 4.98 Å². The van der Waals surface area contributed by atoms with Crippen LogP contribution in [0, 0.1) is 0 Å². The van der Waals surface area contributed by atoms with Gasteiger partial charge < -0.3 is 15.2 Å². The minimum Gasteiger partial charge on any atom is -0.495 e. The lowest BCUT2D eigenvalue weighted by atomic mass is 10.1. The van der Waals surface area contributed by atoms with Gasteiger partial charge in [-0.15, -0.1) is 11.3 Å². The molecule has 0 saturated heterocycles. The summed E-state index contributed by atoms with van der Waals surface area (Å²) in [4.78, 5) is 4.59. The number of ether oxygens (including phenoxy) is 2. The van der Waals surface area contributed by atoms with Gasteiger partial charge >= 0.3 is 0 Å². The Labute approximate surface area is 133 Å². The van der Waals surface area contributed by atoms with Crippen LogP contribution < -0.4 is 15.2 Å². The van der Waals surface area contributed by atoms with E-state index in [0.717, 1.165) is 22.0 Å². The van der Waals surface area contributed by atoms with E-state index >= 15 is 0 Å². The second kappa shape index (κ2) is 6.49. The second-order valence-electron chi connectivity index (χ2n) is 4.68. The number of methoxy groups -OCH3 is 1. The minimum absolute atomic E-state index is 0.459. The molecule has 3 aromatic rings. The average molecular weight is 312 g/mol. The predicted octanol–water partition coefficient (Wildman–Crippen LogP) is 3.98. The van der Waals surface area contributed by atoms with E-state index in [-0.39, 0.29) is 0 Å². The lowest BCUT2D eigenvalue weighted by Crippen LogP contribution is -1.95. The molecule has 4 nitrogen and oxygen atoms in total. The molecular weight excluding hydrogens is 296 g/mol. The van der Waals surface area contributed by atoms with E-state index in [0.29, 0.717) is 18.0 Å². The standard InChI is InChI=1S/C17H16N2O2S/c1-20-16-8-7-12(9-14(16)18)15-11-22-17(19-15)10-21-13-5-3-2-4-6-13/h2-9,11H,10,18H2,1H3. The molecule has 0 radical (unpaired) electrons. The summed E-state index contributed by atoms with van der Waals surface area (Å²) >= 11 is 1.57. The second-order valence-corrected chi connectivity index (χ2v) is 5.63. The highest BCUT2D eigenvalue weighted by molar-refractivity contribution is 7.09. The molecule has 0 amide bonds. The fourth-order valence-electron chi connectivity index (χ4n) is 2.07. The third-order valence-corrected chi connectivity index (χ3v) is 4.01. The Bertz CT molecular complexity index is 756. The van der Waals surface area contributed by atoms with Gasteiger partial charge in [-0.1, -0.05) is 18.2 Å². The summed E-state index contributed by atoms with van der Waals surface area (Å²) in [6.07, 6.45) is 0. The van der Waals surface area contributed by atoms with Crippen molar-refractivity contribution in [1.29, 1.82) is 0 Å². The Morgan fingerprint density at radius 3 is 2.68 bits per heavy atom. The van der Waals surface area contributed by atoms with E-state index in [4.69, 9.17) is 15.2 Å². The van der Waals surface area contributed by atoms with Crippen LogP contribution in [0.1, 0.15) is 5.01 Å². The summed E-state index contributed by atoms with van der Waals surface area (Å²) in [6, 6.07) is 15.4. The molecule has 0 atom stereocenters. The maximum atomic E-state index is 5.94. The van der Waals surface area contributed by atoms with Crippen molar-refractivity contribution in [3.05, 3.63) is 58.9 Å². The van der Waals surface area contributed by atoms with Gasteiger partial charge in [0.05, 0.1) is 18.5 Å². The molecule has 0 aliphatic carbocycles. The molecule has 1 heterocycles. The lowest BCUT2D eigenvalue weighted by molar-refractivity contribution is 0.305. The van der Waals surface area contributed by atoms with E-state index in [1.54, 1.807) is 18.4 Å². The summed E-state index contributed by atoms with van der Waals surface area (Å²) in [5.41, 5.74) is 8.41. The normalized spacial score (nSPS) is 10.4. The first-order valence-electron chi connectivity index (χ1n) is 6.82. The first-order valence-corrected chi connectivity index (χ1v) is 7.70. The van der Waals surface area contributed by atoms with Crippen molar-refractivity contribution in [2.45, 2.75) is 6.61 Å². The maximum absolute atomic E-state index is 5.94. The van der Waals surface area contributed by atoms with Crippen molar-refractivity contribution in [2.75, 3.05) is 12.8 Å². The molecule has 22 heavy (non-hydrogen) atoms. The van der Waals surface area contributed by atoms with Crippen molar-refractivity contribution >= 4 is 17.0 Å². The van der Waals surface area contributed by atoms with Crippen LogP contribution in [0.5, 0.6) is 11.5 Å². The highest BCUT2D eigenvalue weighted by Crippen LogP contribution is 2.29. The zero-order valence-corrected chi connectivity index (χ0v) is 13.0. The van der Waals surface area contributed by atoms with Crippen LogP contribution in [0.15, 0.2) is 53.9 Å². The zero-order valence-electron chi connectivity index (χ0n) is 12.2. The van der Waals surface area contributed by atoms with E-state index in [9.17, 15) is 0 Å². The van der Waals surface area contributed by atoms with Gasteiger partial charge in [-0.2, -0.15) is 0 Å². The lowest BCUT2D eigenvalue weighted by Gasteiger charge is -2.05. The fraction of sp³-hybridized carbons (Fsp3) is 0.118. The number of hydrogen-bond acceptors (Lipinski definition) is 5. The average Bonchev–Trinajstić information content (AvgIpc) is 3.03. The first-order chi connectivity index (χ1) is 10.8. The van der Waals surface area contributed by atoms with Gasteiger partial charge in [-0.05, 0) is 30.3 Å². The van der Waals surface area contributed by atoms with E-state index in [1.165, 1.54) is 0 Å². The van der Waals surface area contributed by atoms with Gasteiger partial charge in [-0.3, -0.25) is 0 Å². The third kappa shape index (κ3) is 3.20. The van der Waals surface area contributed by atoms with Crippen molar-refractivity contribution in [3.63, 3.8) is 0 Å². The van der Waals surface area contributed by atoms with Crippen LogP contribution in [0.3, 0.4) is 0 Å². The number of nitrogens with two attached hydrogens (primary N) is 1. The number of nitrogens with zero attached hydrogens (tertiary/aromatic N) is 1. The summed E-state index contributed by atoms with van der Waals surface area (Å²) in [6.45, 7) is 0.459. The zero-order chi connectivity index (χ0) is 15.4. The van der Waals surface area contributed by atoms with Gasteiger partial charge in [0.2, 0.25) is 0 Å². The Morgan fingerprint density at radius 1 is 1.14 bits per heavy atom. The molecule has 3 rings (SSSR count). The predicted molar refractivity (Wildman–Crippen MR) is 89.3 cm³/mol. The summed E-state index contributed by atoms with van der Waals surface area (Å²) in [7, 11) is 1.60. The number of rotatable bonds is 5. The molecule has 0 aliphatic rings. The van der Waals surface area contributed by atoms with Gasteiger partial charge in [0.15, 0.2) is 0 Å². The molecule has 112 valence electrons. The quantitative estimate of drug-likeness (QED) is 0.724. The summed E-state index contributed by atoms with van der Waals surface area (Å²) < 4.78 is 10.9. The Hall–Kier alpha value is -2.53. The molecule has 0 aliphatic heterocycles. The van der Waals surface area contributed by atoms with E-state index in [1.807, 2.05) is 53.9 Å². The Balaban J connectivity index is 1.72. The molecular formula is C17H16N2O2S. The monoisotopic (exact) mass is 312 g/mol. The summed E-state index contributed by atoms with van der Waals surface area (Å²) in [5, 5.41) is 2.93. The number of hydrogen-bond donors (Lipinski definition) is 1. The van der Waals surface area contributed by atoms with E-state index < -0.39 is 0 Å². The van der Waals surface area contributed by atoms with Gasteiger partial charge in [0.25, 0.3) is 0 Å². The molecule has 1 aromatic heterocycles. The highest BCUT2D eigenvalue weighted by Gasteiger charge is 2.08. The molecule has 0 fully saturated rings. The molecule has 0 unspecified atom stereocenters. The number of aromatic nitrogens is 1. The summed E-state index contributed by atoms with van der Waals surface area (Å²) in [5.74, 6) is 1.51. The molecule has 2 aromatic carbocycles. The smallest absolute Gasteiger partial charge is 0.141 e. The van der Waals surface area contributed by atoms with Crippen molar-refractivity contribution in [1.82, 2.24) is 4.98 Å². The molecule has 0 spiro atoms. The number of nitrogen functional groups attached to an aromatic ring is 1. The largest absolute Gasteiger partial charge is 0.495 e. The maximum Gasteiger partial charge on any atom is 0.141 e. The van der Waals surface area contributed by atoms with Gasteiger partial charge in [0.1, 0.15) is 23.1 Å². The number of thiazole rings is 1. The fourth-order valence-corrected chi connectivity index (χ4v) is 2.78. The van der Waals surface area contributed by atoms with Crippen molar-refractivity contribution < 1.29 is 9.47 Å².